The number of fused-ring (bicyclic) bond motifs is 1. The highest BCUT2D eigenvalue weighted by molar-refractivity contribution is 9.10. The summed E-state index contributed by atoms with van der Waals surface area (Å²) in [7, 11) is 1.84. The van der Waals surface area contributed by atoms with Crippen LogP contribution in [0.15, 0.2) is 16.7 Å². The second kappa shape index (κ2) is 5.07. The lowest BCUT2D eigenvalue weighted by Gasteiger charge is -2.09. The first-order valence-corrected chi connectivity index (χ1v) is 7.57. The van der Waals surface area contributed by atoms with Crippen LogP contribution in [0.3, 0.4) is 0 Å². The molecular formula is C12H13BrN4OS. The largest absolute Gasteiger partial charge is 0.345 e. The highest BCUT2D eigenvalue weighted by atomic mass is 79.9. The van der Waals surface area contributed by atoms with Crippen LogP contribution in [0.2, 0.25) is 0 Å². The topological polar surface area (TPSA) is 59.0 Å². The fraction of sp³-hybridized carbons (Fsp3) is 0.333. The molecule has 1 amide bonds. The maximum atomic E-state index is 12.2. The van der Waals surface area contributed by atoms with E-state index in [-0.39, 0.29) is 5.91 Å². The number of carbonyl (C=O) groups excluding carboxylic acids is 1. The van der Waals surface area contributed by atoms with Crippen LogP contribution in [0, 0.1) is 0 Å². The Morgan fingerprint density at radius 2 is 2.47 bits per heavy atom. The van der Waals surface area contributed by atoms with E-state index in [1.165, 1.54) is 4.88 Å². The number of hydrogen-bond acceptors (Lipinski definition) is 4. The zero-order valence-corrected chi connectivity index (χ0v) is 12.8. The predicted molar refractivity (Wildman–Crippen MR) is 78.6 cm³/mol. The number of aryl methyl sites for hydroxylation is 1. The molecule has 0 fully saturated rings. The normalized spacial score (nSPS) is 14.2. The first-order valence-electron chi connectivity index (χ1n) is 5.96. The SMILES string of the molecule is Cn1cc(Br)cc1C(=O)Nc1nc2c(s1)CNCC2. The lowest BCUT2D eigenvalue weighted by atomic mass is 10.2. The van der Waals surface area contributed by atoms with E-state index in [0.717, 1.165) is 29.7 Å². The van der Waals surface area contributed by atoms with Gasteiger partial charge in [-0.1, -0.05) is 0 Å². The van der Waals surface area contributed by atoms with Crippen molar-refractivity contribution in [1.82, 2.24) is 14.9 Å². The molecule has 1 aliphatic rings. The Bertz CT molecular complexity index is 610. The summed E-state index contributed by atoms with van der Waals surface area (Å²) in [5.74, 6) is -0.132. The lowest BCUT2D eigenvalue weighted by molar-refractivity contribution is 0.101. The zero-order chi connectivity index (χ0) is 13.4. The van der Waals surface area contributed by atoms with E-state index in [9.17, 15) is 4.79 Å². The number of carbonyl (C=O) groups is 1. The van der Waals surface area contributed by atoms with Crippen molar-refractivity contribution in [3.8, 4) is 0 Å². The number of anilines is 1. The Hall–Kier alpha value is -1.18. The third-order valence-corrected chi connectivity index (χ3v) is 4.47. The molecule has 0 unspecified atom stereocenters. The van der Waals surface area contributed by atoms with Crippen LogP contribution in [0.4, 0.5) is 5.13 Å². The number of aromatic nitrogens is 2. The molecule has 0 spiro atoms. The van der Waals surface area contributed by atoms with Crippen molar-refractivity contribution in [3.05, 3.63) is 33.0 Å². The molecular weight excluding hydrogens is 328 g/mol. The number of amides is 1. The van der Waals surface area contributed by atoms with Gasteiger partial charge in [-0.15, -0.1) is 11.3 Å². The Labute approximate surface area is 123 Å². The van der Waals surface area contributed by atoms with Crippen LogP contribution in [0.5, 0.6) is 0 Å². The highest BCUT2D eigenvalue weighted by Gasteiger charge is 2.17. The van der Waals surface area contributed by atoms with Gasteiger partial charge in [0.25, 0.3) is 5.91 Å². The summed E-state index contributed by atoms with van der Waals surface area (Å²) in [5, 5.41) is 6.84. The average molecular weight is 341 g/mol. The fourth-order valence-corrected chi connectivity index (χ4v) is 3.59. The second-order valence-corrected chi connectivity index (χ2v) is 6.42. The van der Waals surface area contributed by atoms with Gasteiger partial charge in [-0.2, -0.15) is 0 Å². The molecule has 0 saturated heterocycles. The molecule has 2 aromatic rings. The summed E-state index contributed by atoms with van der Waals surface area (Å²) in [6, 6.07) is 1.80. The van der Waals surface area contributed by atoms with E-state index < -0.39 is 0 Å². The molecule has 19 heavy (non-hydrogen) atoms. The van der Waals surface area contributed by atoms with E-state index in [2.05, 4.69) is 31.5 Å². The summed E-state index contributed by atoms with van der Waals surface area (Å²) in [6.45, 7) is 1.80. The number of thiazole rings is 1. The minimum absolute atomic E-state index is 0.132. The van der Waals surface area contributed by atoms with E-state index in [1.54, 1.807) is 22.0 Å². The Morgan fingerprint density at radius 3 is 3.16 bits per heavy atom. The monoisotopic (exact) mass is 340 g/mol. The van der Waals surface area contributed by atoms with Crippen molar-refractivity contribution in [2.75, 3.05) is 11.9 Å². The van der Waals surface area contributed by atoms with Crippen LogP contribution < -0.4 is 10.6 Å². The molecule has 0 radical (unpaired) electrons. The first kappa shape index (κ1) is 12.8. The van der Waals surface area contributed by atoms with Gasteiger partial charge in [0.2, 0.25) is 0 Å². The van der Waals surface area contributed by atoms with Gasteiger partial charge < -0.3 is 9.88 Å². The van der Waals surface area contributed by atoms with Crippen molar-refractivity contribution < 1.29 is 4.79 Å². The highest BCUT2D eigenvalue weighted by Crippen LogP contribution is 2.26. The zero-order valence-electron chi connectivity index (χ0n) is 10.4. The molecule has 0 saturated carbocycles. The Kier molecular flexibility index (Phi) is 3.42. The molecule has 7 heteroatoms. The molecule has 100 valence electrons. The number of hydrogen-bond donors (Lipinski definition) is 2. The fourth-order valence-electron chi connectivity index (χ4n) is 2.09. The second-order valence-electron chi connectivity index (χ2n) is 4.42. The smallest absolute Gasteiger partial charge is 0.274 e. The minimum Gasteiger partial charge on any atom is -0.345 e. The number of rotatable bonds is 2. The standard InChI is InChI=1S/C12H13BrN4OS/c1-17-6-7(13)4-9(17)11(18)16-12-15-8-2-3-14-5-10(8)19-12/h4,6,14H,2-3,5H2,1H3,(H,15,16,18). The lowest BCUT2D eigenvalue weighted by Crippen LogP contribution is -2.22. The summed E-state index contributed by atoms with van der Waals surface area (Å²) in [4.78, 5) is 17.9. The van der Waals surface area contributed by atoms with Gasteiger partial charge in [0, 0.05) is 42.1 Å². The molecule has 0 aromatic carbocycles. The summed E-state index contributed by atoms with van der Waals surface area (Å²) >= 11 is 4.91. The van der Waals surface area contributed by atoms with Crippen molar-refractivity contribution in [2.24, 2.45) is 7.05 Å². The van der Waals surface area contributed by atoms with Gasteiger partial charge >= 0.3 is 0 Å². The minimum atomic E-state index is -0.132. The van der Waals surface area contributed by atoms with E-state index in [1.807, 2.05) is 13.2 Å². The number of nitrogens with zero attached hydrogens (tertiary/aromatic N) is 2. The van der Waals surface area contributed by atoms with Crippen molar-refractivity contribution in [3.63, 3.8) is 0 Å². The predicted octanol–water partition coefficient (Wildman–Crippen LogP) is 2.14. The molecule has 3 heterocycles. The van der Waals surface area contributed by atoms with Gasteiger partial charge in [0.15, 0.2) is 5.13 Å². The third kappa shape index (κ3) is 2.58. The molecule has 1 aliphatic heterocycles. The van der Waals surface area contributed by atoms with Crippen LogP contribution in [-0.4, -0.2) is 22.0 Å². The molecule has 2 N–H and O–H groups in total. The summed E-state index contributed by atoms with van der Waals surface area (Å²) in [6.07, 6.45) is 2.78. The molecule has 0 atom stereocenters. The van der Waals surface area contributed by atoms with E-state index in [0.29, 0.717) is 10.8 Å². The van der Waals surface area contributed by atoms with E-state index in [4.69, 9.17) is 0 Å². The van der Waals surface area contributed by atoms with Gasteiger partial charge in [0.05, 0.1) is 5.69 Å². The van der Waals surface area contributed by atoms with Crippen LogP contribution >= 0.6 is 27.3 Å². The molecule has 0 aliphatic carbocycles. The van der Waals surface area contributed by atoms with Crippen molar-refractivity contribution in [1.29, 1.82) is 0 Å². The number of nitrogens with one attached hydrogen (secondary N) is 2. The molecule has 0 bridgehead atoms. The Balaban J connectivity index is 1.79. The van der Waals surface area contributed by atoms with Crippen molar-refractivity contribution in [2.45, 2.75) is 13.0 Å². The molecule has 3 rings (SSSR count). The van der Waals surface area contributed by atoms with Gasteiger partial charge in [-0.25, -0.2) is 4.98 Å². The maximum Gasteiger partial charge on any atom is 0.274 e. The average Bonchev–Trinajstić information content (AvgIpc) is 2.91. The van der Waals surface area contributed by atoms with Gasteiger partial charge in [-0.3, -0.25) is 10.1 Å². The number of halogens is 1. The van der Waals surface area contributed by atoms with Gasteiger partial charge in [-0.05, 0) is 22.0 Å². The van der Waals surface area contributed by atoms with Crippen molar-refractivity contribution >= 4 is 38.3 Å². The summed E-state index contributed by atoms with van der Waals surface area (Å²) < 4.78 is 2.68. The van der Waals surface area contributed by atoms with Crippen LogP contribution in [0.25, 0.3) is 0 Å². The van der Waals surface area contributed by atoms with Crippen LogP contribution in [-0.2, 0) is 20.0 Å². The molecule has 5 nitrogen and oxygen atoms in total. The quantitative estimate of drug-likeness (QED) is 0.880. The first-order chi connectivity index (χ1) is 9.13. The molecule has 2 aromatic heterocycles. The van der Waals surface area contributed by atoms with E-state index >= 15 is 0 Å². The summed E-state index contributed by atoms with van der Waals surface area (Å²) in [5.41, 5.74) is 1.71. The van der Waals surface area contributed by atoms with Gasteiger partial charge in [0.1, 0.15) is 5.69 Å². The third-order valence-electron chi connectivity index (χ3n) is 3.03. The Morgan fingerprint density at radius 1 is 1.63 bits per heavy atom. The van der Waals surface area contributed by atoms with Crippen LogP contribution in [0.1, 0.15) is 21.1 Å². The maximum absolute atomic E-state index is 12.2.